The molecule has 1 N–H and O–H groups in total. The normalized spacial score (nSPS) is 11.0. The average molecular weight is 363 g/mol. The summed E-state index contributed by atoms with van der Waals surface area (Å²) in [5, 5.41) is 4.51. The summed E-state index contributed by atoms with van der Waals surface area (Å²) in [7, 11) is 0. The van der Waals surface area contributed by atoms with Gasteiger partial charge in [-0.1, -0.05) is 12.1 Å². The molecule has 0 radical (unpaired) electrons. The Morgan fingerprint density at radius 1 is 1.24 bits per heavy atom. The second-order valence-corrected chi connectivity index (χ2v) is 6.47. The molecule has 1 aromatic carbocycles. The number of fused-ring (bicyclic) bond motifs is 1. The summed E-state index contributed by atoms with van der Waals surface area (Å²) in [6.07, 6.45) is 3.89. The Balaban J connectivity index is 1.78. The maximum atomic E-state index is 5.77. The molecule has 2 aromatic heterocycles. The lowest BCUT2D eigenvalue weighted by molar-refractivity contribution is 0.487. The number of hydrogen-bond acceptors (Lipinski definition) is 4. The smallest absolute Gasteiger partial charge is 0.123 e. The van der Waals surface area contributed by atoms with Crippen LogP contribution in [0.4, 0.5) is 5.69 Å². The number of para-hydroxylation sites is 1. The van der Waals surface area contributed by atoms with E-state index in [0.717, 1.165) is 38.3 Å². The van der Waals surface area contributed by atoms with Gasteiger partial charge in [0, 0.05) is 16.1 Å². The van der Waals surface area contributed by atoms with Gasteiger partial charge in [-0.25, -0.2) is 0 Å². The van der Waals surface area contributed by atoms with Crippen molar-refractivity contribution in [3.63, 3.8) is 0 Å². The first-order valence-corrected chi connectivity index (χ1v) is 8.79. The molecule has 0 aliphatic heterocycles. The molecule has 0 fully saturated rings. The van der Waals surface area contributed by atoms with E-state index in [1.165, 1.54) is 0 Å². The van der Waals surface area contributed by atoms with Crippen molar-refractivity contribution in [3.05, 3.63) is 58.6 Å². The first-order chi connectivity index (χ1) is 10.3. The van der Waals surface area contributed by atoms with E-state index in [9.17, 15) is 0 Å². The molecule has 5 heteroatoms. The number of benzene rings is 1. The molecular formula is C16H15BrN2OS. The van der Waals surface area contributed by atoms with Crippen molar-refractivity contribution in [1.29, 1.82) is 0 Å². The standard InChI is InChI=1S/C16H15BrN2OS/c1-21-10-14-6-5-13(20-14)9-18-15-4-2-3-11-7-12(17)8-19-16(11)15/h2-8,18H,9-10H2,1H3. The Labute approximate surface area is 136 Å². The Morgan fingerprint density at radius 2 is 2.10 bits per heavy atom. The van der Waals surface area contributed by atoms with Crippen LogP contribution in [0.2, 0.25) is 0 Å². The van der Waals surface area contributed by atoms with Crippen LogP contribution >= 0.6 is 27.7 Å². The molecule has 2 heterocycles. The SMILES string of the molecule is CSCc1ccc(CNc2cccc3cc(Br)cnc23)o1. The fourth-order valence-electron chi connectivity index (χ4n) is 2.20. The van der Waals surface area contributed by atoms with Crippen LogP contribution in [0.15, 0.2) is 51.5 Å². The lowest BCUT2D eigenvalue weighted by Crippen LogP contribution is -1.99. The van der Waals surface area contributed by atoms with Crippen LogP contribution < -0.4 is 5.32 Å². The first kappa shape index (κ1) is 14.5. The van der Waals surface area contributed by atoms with Crippen molar-refractivity contribution in [2.24, 2.45) is 0 Å². The number of aromatic nitrogens is 1. The number of nitrogens with one attached hydrogen (secondary N) is 1. The fraction of sp³-hybridized carbons (Fsp3) is 0.188. The minimum absolute atomic E-state index is 0.658. The minimum atomic E-state index is 0.658. The summed E-state index contributed by atoms with van der Waals surface area (Å²) in [4.78, 5) is 4.48. The summed E-state index contributed by atoms with van der Waals surface area (Å²) in [5.41, 5.74) is 1.99. The van der Waals surface area contributed by atoms with Gasteiger partial charge in [0.25, 0.3) is 0 Å². The summed E-state index contributed by atoms with van der Waals surface area (Å²) in [6, 6.07) is 12.2. The molecular weight excluding hydrogens is 348 g/mol. The molecule has 0 bridgehead atoms. The zero-order chi connectivity index (χ0) is 14.7. The quantitative estimate of drug-likeness (QED) is 0.687. The summed E-state index contributed by atoms with van der Waals surface area (Å²) >= 11 is 5.21. The molecule has 0 amide bonds. The molecule has 3 aromatic rings. The molecule has 108 valence electrons. The van der Waals surface area contributed by atoms with Crippen molar-refractivity contribution in [1.82, 2.24) is 4.98 Å². The highest BCUT2D eigenvalue weighted by Gasteiger charge is 2.05. The van der Waals surface area contributed by atoms with Crippen LogP contribution in [0.1, 0.15) is 11.5 Å². The zero-order valence-corrected chi connectivity index (χ0v) is 14.0. The van der Waals surface area contributed by atoms with Gasteiger partial charge in [0.15, 0.2) is 0 Å². The van der Waals surface area contributed by atoms with Crippen LogP contribution in [0.5, 0.6) is 0 Å². The van der Waals surface area contributed by atoms with Gasteiger partial charge in [-0.3, -0.25) is 4.98 Å². The number of pyridine rings is 1. The van der Waals surface area contributed by atoms with E-state index in [2.05, 4.69) is 44.6 Å². The van der Waals surface area contributed by atoms with Gasteiger partial charge in [0.05, 0.1) is 23.5 Å². The van der Waals surface area contributed by atoms with Gasteiger partial charge in [-0.2, -0.15) is 11.8 Å². The molecule has 3 rings (SSSR count). The third-order valence-corrected chi connectivity index (χ3v) is 4.14. The van der Waals surface area contributed by atoms with Gasteiger partial charge in [-0.15, -0.1) is 0 Å². The summed E-state index contributed by atoms with van der Waals surface area (Å²) in [6.45, 7) is 0.658. The van der Waals surface area contributed by atoms with E-state index in [4.69, 9.17) is 4.42 Å². The summed E-state index contributed by atoms with van der Waals surface area (Å²) < 4.78 is 6.75. The van der Waals surface area contributed by atoms with Gasteiger partial charge >= 0.3 is 0 Å². The van der Waals surface area contributed by atoms with E-state index < -0.39 is 0 Å². The van der Waals surface area contributed by atoms with Gasteiger partial charge in [-0.05, 0) is 46.5 Å². The number of rotatable bonds is 5. The van der Waals surface area contributed by atoms with Crippen LogP contribution in [0, 0.1) is 0 Å². The minimum Gasteiger partial charge on any atom is -0.463 e. The third kappa shape index (κ3) is 3.41. The monoisotopic (exact) mass is 362 g/mol. The largest absolute Gasteiger partial charge is 0.463 e. The van der Waals surface area contributed by atoms with E-state index in [1.807, 2.05) is 30.5 Å². The maximum Gasteiger partial charge on any atom is 0.123 e. The number of furan rings is 1. The second-order valence-electron chi connectivity index (χ2n) is 4.69. The molecule has 3 nitrogen and oxygen atoms in total. The Bertz CT molecular complexity index is 757. The Morgan fingerprint density at radius 3 is 2.95 bits per heavy atom. The first-order valence-electron chi connectivity index (χ1n) is 6.61. The van der Waals surface area contributed by atoms with E-state index >= 15 is 0 Å². The van der Waals surface area contributed by atoms with E-state index in [0.29, 0.717) is 6.54 Å². The number of anilines is 1. The van der Waals surface area contributed by atoms with Gasteiger partial charge in [0.1, 0.15) is 11.5 Å². The summed E-state index contributed by atoms with van der Waals surface area (Å²) in [5.74, 6) is 2.86. The van der Waals surface area contributed by atoms with Gasteiger partial charge < -0.3 is 9.73 Å². The van der Waals surface area contributed by atoms with Crippen molar-refractivity contribution < 1.29 is 4.42 Å². The van der Waals surface area contributed by atoms with Crippen LogP contribution in [-0.4, -0.2) is 11.2 Å². The molecule has 0 saturated heterocycles. The van der Waals surface area contributed by atoms with Crippen molar-refractivity contribution >= 4 is 44.3 Å². The second kappa shape index (κ2) is 6.54. The predicted molar refractivity (Wildman–Crippen MR) is 92.7 cm³/mol. The number of thioether (sulfide) groups is 1. The van der Waals surface area contributed by atoms with Crippen LogP contribution in [0.3, 0.4) is 0 Å². The highest BCUT2D eigenvalue weighted by Crippen LogP contribution is 2.24. The topological polar surface area (TPSA) is 38.1 Å². The molecule has 0 aliphatic carbocycles. The molecule has 0 atom stereocenters. The molecule has 0 spiro atoms. The van der Waals surface area contributed by atoms with Crippen molar-refractivity contribution in [2.75, 3.05) is 11.6 Å². The Hall–Kier alpha value is -1.46. The highest BCUT2D eigenvalue weighted by molar-refractivity contribution is 9.10. The number of hydrogen-bond donors (Lipinski definition) is 1. The molecule has 21 heavy (non-hydrogen) atoms. The molecule has 0 unspecified atom stereocenters. The van der Waals surface area contributed by atoms with Crippen LogP contribution in [-0.2, 0) is 12.3 Å². The van der Waals surface area contributed by atoms with Crippen LogP contribution in [0.25, 0.3) is 10.9 Å². The molecule has 0 saturated carbocycles. The lowest BCUT2D eigenvalue weighted by Gasteiger charge is -2.08. The van der Waals surface area contributed by atoms with Crippen molar-refractivity contribution in [3.8, 4) is 0 Å². The van der Waals surface area contributed by atoms with E-state index in [1.54, 1.807) is 11.8 Å². The highest BCUT2D eigenvalue weighted by atomic mass is 79.9. The molecule has 0 aliphatic rings. The fourth-order valence-corrected chi connectivity index (χ4v) is 2.98. The zero-order valence-electron chi connectivity index (χ0n) is 11.6. The van der Waals surface area contributed by atoms with Gasteiger partial charge in [0.2, 0.25) is 0 Å². The predicted octanol–water partition coefficient (Wildman–Crippen LogP) is 5.07. The average Bonchev–Trinajstić information content (AvgIpc) is 2.93. The number of nitrogens with zero attached hydrogens (tertiary/aromatic N) is 1. The lowest BCUT2D eigenvalue weighted by atomic mass is 10.2. The van der Waals surface area contributed by atoms with E-state index in [-0.39, 0.29) is 0 Å². The number of halogens is 1. The maximum absolute atomic E-state index is 5.77. The Kier molecular flexibility index (Phi) is 4.51. The third-order valence-electron chi connectivity index (χ3n) is 3.13. The van der Waals surface area contributed by atoms with Crippen molar-refractivity contribution in [2.45, 2.75) is 12.3 Å².